The minimum absolute atomic E-state index is 0.119. The van der Waals surface area contributed by atoms with Crippen LogP contribution in [0, 0.1) is 11.7 Å². The molecule has 25 heavy (non-hydrogen) atoms. The van der Waals surface area contributed by atoms with Crippen molar-refractivity contribution in [2.24, 2.45) is 10.9 Å². The molecule has 1 aromatic rings. The highest BCUT2D eigenvalue weighted by Crippen LogP contribution is 2.26. The van der Waals surface area contributed by atoms with Crippen LogP contribution in [-0.4, -0.2) is 34.3 Å². The maximum atomic E-state index is 13.0. The van der Waals surface area contributed by atoms with E-state index in [0.29, 0.717) is 12.1 Å². The van der Waals surface area contributed by atoms with Crippen molar-refractivity contribution in [3.8, 4) is 0 Å². The number of amides is 2. The summed E-state index contributed by atoms with van der Waals surface area (Å²) >= 11 is 0. The van der Waals surface area contributed by atoms with Gasteiger partial charge < -0.3 is 0 Å². The monoisotopic (exact) mass is 341 g/mol. The Labute approximate surface area is 143 Å². The van der Waals surface area contributed by atoms with E-state index in [1.165, 1.54) is 41.0 Å². The highest BCUT2D eigenvalue weighted by atomic mass is 19.1. The van der Waals surface area contributed by atoms with Gasteiger partial charge in [-0.05, 0) is 29.3 Å². The summed E-state index contributed by atoms with van der Waals surface area (Å²) in [7, 11) is 0. The largest absolute Gasteiger partial charge is 0.298 e. The molecule has 0 radical (unpaired) electrons. The fourth-order valence-corrected chi connectivity index (χ4v) is 2.68. The first kappa shape index (κ1) is 16.8. The van der Waals surface area contributed by atoms with Crippen LogP contribution in [0.3, 0.4) is 0 Å². The molecule has 1 aromatic carbocycles. The molecule has 1 heterocycles. The Bertz CT molecular complexity index is 796. The van der Waals surface area contributed by atoms with Gasteiger partial charge in [-0.2, -0.15) is 0 Å². The number of aliphatic imine (C=N–C) groups is 1. The van der Waals surface area contributed by atoms with Gasteiger partial charge in [0.2, 0.25) is 5.91 Å². The number of benzene rings is 1. The predicted octanol–water partition coefficient (Wildman–Crippen LogP) is 1.74. The summed E-state index contributed by atoms with van der Waals surface area (Å²) in [5.74, 6) is -1.56. The summed E-state index contributed by atoms with van der Waals surface area (Å²) in [6.07, 6.45) is 9.48. The van der Waals surface area contributed by atoms with Gasteiger partial charge in [0.25, 0.3) is 5.91 Å². The molecule has 0 saturated carbocycles. The van der Waals surface area contributed by atoms with Crippen LogP contribution < -0.4 is 5.48 Å². The van der Waals surface area contributed by atoms with Crippen LogP contribution in [-0.2, 0) is 16.1 Å². The molecule has 0 saturated heterocycles. The molecule has 0 aromatic heterocycles. The van der Waals surface area contributed by atoms with E-state index in [1.807, 2.05) is 0 Å². The lowest BCUT2D eigenvalue weighted by atomic mass is 9.89. The third-order valence-electron chi connectivity index (χ3n) is 3.98. The molecule has 1 aliphatic carbocycles. The third kappa shape index (κ3) is 3.89. The zero-order valence-corrected chi connectivity index (χ0v) is 13.2. The molecule has 7 heteroatoms. The second-order valence-electron chi connectivity index (χ2n) is 5.71. The van der Waals surface area contributed by atoms with Crippen LogP contribution >= 0.6 is 0 Å². The van der Waals surface area contributed by atoms with E-state index in [0.717, 1.165) is 5.56 Å². The van der Waals surface area contributed by atoms with Crippen LogP contribution in [0.1, 0.15) is 5.56 Å². The van der Waals surface area contributed by atoms with Crippen molar-refractivity contribution in [1.82, 2.24) is 10.4 Å². The van der Waals surface area contributed by atoms with Crippen molar-refractivity contribution < 1.29 is 19.2 Å². The number of hydroxylamine groups is 1. The van der Waals surface area contributed by atoms with Crippen LogP contribution in [0.2, 0.25) is 0 Å². The summed E-state index contributed by atoms with van der Waals surface area (Å²) in [6.45, 7) is 0.307. The molecule has 2 N–H and O–H groups in total. The fraction of sp³-hybridized carbons (Fsp3) is 0.167. The molecule has 3 rings (SSSR count). The van der Waals surface area contributed by atoms with Crippen LogP contribution in [0.4, 0.5) is 4.39 Å². The molecule has 0 spiro atoms. The first-order chi connectivity index (χ1) is 12.1. The number of carbonyl (C=O) groups excluding carboxylic acids is 2. The Balaban J connectivity index is 1.75. The van der Waals surface area contributed by atoms with Crippen molar-refractivity contribution in [2.45, 2.75) is 12.6 Å². The van der Waals surface area contributed by atoms with Gasteiger partial charge in [-0.1, -0.05) is 30.4 Å². The quantitative estimate of drug-likeness (QED) is 0.497. The van der Waals surface area contributed by atoms with Gasteiger partial charge in [-0.3, -0.25) is 24.7 Å². The number of carbonyl (C=O) groups is 2. The maximum absolute atomic E-state index is 13.0. The molecule has 2 unspecified atom stereocenters. The molecule has 0 fully saturated rings. The zero-order chi connectivity index (χ0) is 17.8. The number of halogens is 1. The predicted molar refractivity (Wildman–Crippen MR) is 89.0 cm³/mol. The van der Waals surface area contributed by atoms with Gasteiger partial charge in [0.05, 0.1) is 24.8 Å². The molecule has 2 amide bonds. The minimum atomic E-state index is -0.651. The maximum Gasteiger partial charge on any atom is 0.267 e. The van der Waals surface area contributed by atoms with E-state index < -0.39 is 11.8 Å². The SMILES string of the molecule is O=C(/C=C/C1=CC2C(=O)N(Cc3ccc(F)cc3)C=NC2C=C1)NO. The second kappa shape index (κ2) is 7.23. The summed E-state index contributed by atoms with van der Waals surface area (Å²) in [5, 5.41) is 8.49. The highest BCUT2D eigenvalue weighted by Gasteiger charge is 2.33. The van der Waals surface area contributed by atoms with E-state index in [1.54, 1.807) is 30.4 Å². The first-order valence-corrected chi connectivity index (χ1v) is 7.67. The Morgan fingerprint density at radius 2 is 2.12 bits per heavy atom. The van der Waals surface area contributed by atoms with E-state index in [2.05, 4.69) is 4.99 Å². The van der Waals surface area contributed by atoms with Crippen molar-refractivity contribution in [3.63, 3.8) is 0 Å². The highest BCUT2D eigenvalue weighted by molar-refractivity contribution is 5.94. The Hall–Kier alpha value is -3.06. The number of nitrogens with zero attached hydrogens (tertiary/aromatic N) is 2. The van der Waals surface area contributed by atoms with E-state index in [4.69, 9.17) is 5.21 Å². The van der Waals surface area contributed by atoms with E-state index >= 15 is 0 Å². The van der Waals surface area contributed by atoms with Gasteiger partial charge in [-0.25, -0.2) is 9.87 Å². The lowest BCUT2D eigenvalue weighted by Crippen LogP contribution is -2.43. The Morgan fingerprint density at radius 3 is 2.84 bits per heavy atom. The average molecular weight is 341 g/mol. The number of nitrogens with one attached hydrogen (secondary N) is 1. The van der Waals surface area contributed by atoms with Gasteiger partial charge in [-0.15, -0.1) is 0 Å². The fourth-order valence-electron chi connectivity index (χ4n) is 2.68. The summed E-state index contributed by atoms with van der Waals surface area (Å²) in [5.41, 5.74) is 2.98. The normalized spacial score (nSPS) is 22.1. The number of hydrogen-bond donors (Lipinski definition) is 2. The van der Waals surface area contributed by atoms with Crippen molar-refractivity contribution in [2.75, 3.05) is 0 Å². The first-order valence-electron chi connectivity index (χ1n) is 7.67. The molecular formula is C18H16FN3O3. The van der Waals surface area contributed by atoms with Crippen LogP contribution in [0.5, 0.6) is 0 Å². The Kier molecular flexibility index (Phi) is 4.85. The average Bonchev–Trinajstić information content (AvgIpc) is 2.64. The molecule has 128 valence electrons. The van der Waals surface area contributed by atoms with Gasteiger partial charge in [0, 0.05) is 6.08 Å². The van der Waals surface area contributed by atoms with Gasteiger partial charge in [0.1, 0.15) is 5.82 Å². The third-order valence-corrected chi connectivity index (χ3v) is 3.98. The van der Waals surface area contributed by atoms with Crippen LogP contribution in [0.15, 0.2) is 65.2 Å². The van der Waals surface area contributed by atoms with Crippen molar-refractivity contribution >= 4 is 18.2 Å². The smallest absolute Gasteiger partial charge is 0.267 e. The molecule has 2 atom stereocenters. The van der Waals surface area contributed by atoms with E-state index in [9.17, 15) is 14.0 Å². The topological polar surface area (TPSA) is 82.0 Å². The Morgan fingerprint density at radius 1 is 1.36 bits per heavy atom. The molecule has 6 nitrogen and oxygen atoms in total. The molecule has 0 bridgehead atoms. The lowest BCUT2D eigenvalue weighted by Gasteiger charge is -2.31. The van der Waals surface area contributed by atoms with E-state index in [-0.39, 0.29) is 17.8 Å². The summed E-state index contributed by atoms with van der Waals surface area (Å²) in [6, 6.07) is 5.67. The summed E-state index contributed by atoms with van der Waals surface area (Å²) in [4.78, 5) is 29.6. The van der Waals surface area contributed by atoms with Crippen molar-refractivity contribution in [3.05, 3.63) is 71.6 Å². The van der Waals surface area contributed by atoms with Gasteiger partial charge >= 0.3 is 0 Å². The van der Waals surface area contributed by atoms with Crippen molar-refractivity contribution in [1.29, 1.82) is 0 Å². The number of hydrogen-bond acceptors (Lipinski definition) is 4. The van der Waals surface area contributed by atoms with Gasteiger partial charge in [0.15, 0.2) is 0 Å². The molecular weight excluding hydrogens is 325 g/mol. The lowest BCUT2D eigenvalue weighted by molar-refractivity contribution is -0.131. The summed E-state index contributed by atoms with van der Waals surface area (Å²) < 4.78 is 13.0. The number of rotatable bonds is 4. The number of fused-ring (bicyclic) bond motifs is 1. The molecule has 1 aliphatic heterocycles. The standard InChI is InChI=1S/C18H16FN3O3/c19-14-5-1-13(2-6-14)10-22-11-20-16-7-3-12(4-8-17(23)21-25)9-15(16)18(22)24/h1-9,11,15-16,25H,10H2,(H,21,23)/b8-4+. The zero-order valence-electron chi connectivity index (χ0n) is 13.2. The minimum Gasteiger partial charge on any atom is -0.298 e. The molecule has 2 aliphatic rings. The second-order valence-corrected chi connectivity index (χ2v) is 5.71. The van der Waals surface area contributed by atoms with Crippen LogP contribution in [0.25, 0.3) is 0 Å². The number of allylic oxidation sites excluding steroid dienone is 3.